The van der Waals surface area contributed by atoms with Crippen molar-refractivity contribution < 1.29 is 22.8 Å². The number of anilines is 1. The highest BCUT2D eigenvalue weighted by Crippen LogP contribution is 2.29. The fraction of sp³-hybridized carbons (Fsp3) is 0.333. The van der Waals surface area contributed by atoms with Crippen molar-refractivity contribution >= 4 is 29.1 Å². The Balaban J connectivity index is 1.44. The summed E-state index contributed by atoms with van der Waals surface area (Å²) in [5.74, 6) is -0.331. The van der Waals surface area contributed by atoms with Gasteiger partial charge in [-0.1, -0.05) is 29.8 Å². The van der Waals surface area contributed by atoms with Crippen molar-refractivity contribution in [3.63, 3.8) is 0 Å². The van der Waals surface area contributed by atoms with E-state index in [1.54, 1.807) is 11.0 Å². The Labute approximate surface area is 177 Å². The maximum atomic E-state index is 12.6. The lowest BCUT2D eigenvalue weighted by atomic mass is 10.1. The van der Waals surface area contributed by atoms with Gasteiger partial charge in [-0.3, -0.25) is 14.5 Å². The van der Waals surface area contributed by atoms with Gasteiger partial charge in [-0.15, -0.1) is 0 Å². The first kappa shape index (κ1) is 22.1. The molecule has 0 aliphatic carbocycles. The van der Waals surface area contributed by atoms with Crippen molar-refractivity contribution in [1.29, 1.82) is 0 Å². The molecule has 1 fully saturated rings. The fourth-order valence-electron chi connectivity index (χ4n) is 3.22. The van der Waals surface area contributed by atoms with Crippen LogP contribution in [0.5, 0.6) is 0 Å². The van der Waals surface area contributed by atoms with Gasteiger partial charge in [0.2, 0.25) is 11.8 Å². The number of rotatable bonds is 5. The molecular formula is C21H21ClF3N3O2. The monoisotopic (exact) mass is 439 g/mol. The van der Waals surface area contributed by atoms with Crippen molar-refractivity contribution in [3.8, 4) is 0 Å². The molecule has 0 bridgehead atoms. The van der Waals surface area contributed by atoms with Gasteiger partial charge < -0.3 is 10.2 Å². The molecule has 0 aromatic heterocycles. The van der Waals surface area contributed by atoms with Crippen LogP contribution >= 0.6 is 11.6 Å². The molecule has 1 aliphatic rings. The SMILES string of the molecule is O=C(CN1CCN(C(=O)Cc2ccccc2Cl)CC1)Nc1ccc(C(F)(F)F)cc1. The third kappa shape index (κ3) is 5.96. The number of alkyl halides is 3. The van der Waals surface area contributed by atoms with Crippen LogP contribution in [0.3, 0.4) is 0 Å². The van der Waals surface area contributed by atoms with Gasteiger partial charge in [-0.25, -0.2) is 0 Å². The molecule has 30 heavy (non-hydrogen) atoms. The third-order valence-electron chi connectivity index (χ3n) is 4.89. The molecular weight excluding hydrogens is 419 g/mol. The first-order chi connectivity index (χ1) is 14.2. The van der Waals surface area contributed by atoms with Gasteiger partial charge in [-0.2, -0.15) is 13.2 Å². The van der Waals surface area contributed by atoms with Crippen molar-refractivity contribution in [2.75, 3.05) is 38.0 Å². The predicted octanol–water partition coefficient (Wildman–Crippen LogP) is 3.68. The molecule has 1 aliphatic heterocycles. The summed E-state index contributed by atoms with van der Waals surface area (Å²) >= 11 is 6.11. The Morgan fingerprint density at radius 2 is 1.60 bits per heavy atom. The molecule has 0 saturated carbocycles. The molecule has 2 aromatic carbocycles. The first-order valence-corrected chi connectivity index (χ1v) is 9.81. The Kier molecular flexibility index (Phi) is 6.99. The molecule has 1 heterocycles. The second-order valence-corrected chi connectivity index (χ2v) is 7.46. The van der Waals surface area contributed by atoms with Crippen LogP contribution in [-0.4, -0.2) is 54.3 Å². The lowest BCUT2D eigenvalue weighted by Gasteiger charge is -2.34. The van der Waals surface area contributed by atoms with E-state index in [0.717, 1.165) is 17.7 Å². The van der Waals surface area contributed by atoms with E-state index in [0.29, 0.717) is 36.9 Å². The standard InChI is InChI=1S/C21H21ClF3N3O2/c22-18-4-2-1-3-15(18)13-20(30)28-11-9-27(10-12-28)14-19(29)26-17-7-5-16(6-8-17)21(23,24)25/h1-8H,9-14H2,(H,26,29). The van der Waals surface area contributed by atoms with Gasteiger partial charge in [0.1, 0.15) is 0 Å². The summed E-state index contributed by atoms with van der Waals surface area (Å²) in [7, 11) is 0. The van der Waals surface area contributed by atoms with Crippen molar-refractivity contribution in [1.82, 2.24) is 9.80 Å². The predicted molar refractivity (Wildman–Crippen MR) is 108 cm³/mol. The second kappa shape index (κ2) is 9.49. The minimum absolute atomic E-state index is 0.0167. The summed E-state index contributed by atoms with van der Waals surface area (Å²) in [4.78, 5) is 28.3. The minimum Gasteiger partial charge on any atom is -0.340 e. The van der Waals surface area contributed by atoms with Crippen molar-refractivity contribution in [2.45, 2.75) is 12.6 Å². The summed E-state index contributed by atoms with van der Waals surface area (Å²) < 4.78 is 37.8. The lowest BCUT2D eigenvalue weighted by molar-refractivity contribution is -0.137. The zero-order chi connectivity index (χ0) is 21.7. The van der Waals surface area contributed by atoms with Crippen molar-refractivity contribution in [3.05, 3.63) is 64.7 Å². The summed E-state index contributed by atoms with van der Waals surface area (Å²) in [5, 5.41) is 3.16. The number of benzene rings is 2. The fourth-order valence-corrected chi connectivity index (χ4v) is 3.42. The van der Waals surface area contributed by atoms with E-state index in [2.05, 4.69) is 5.32 Å². The van der Waals surface area contributed by atoms with E-state index in [-0.39, 0.29) is 24.8 Å². The minimum atomic E-state index is -4.41. The van der Waals surface area contributed by atoms with Gasteiger partial charge >= 0.3 is 6.18 Å². The van der Waals surface area contributed by atoms with E-state index >= 15 is 0 Å². The number of halogens is 4. The van der Waals surface area contributed by atoms with E-state index in [4.69, 9.17) is 11.6 Å². The molecule has 0 radical (unpaired) electrons. The molecule has 0 atom stereocenters. The molecule has 0 spiro atoms. The van der Waals surface area contributed by atoms with E-state index in [9.17, 15) is 22.8 Å². The van der Waals surface area contributed by atoms with Gasteiger partial charge in [-0.05, 0) is 35.9 Å². The van der Waals surface area contributed by atoms with Gasteiger partial charge in [0.05, 0.1) is 18.5 Å². The maximum absolute atomic E-state index is 12.6. The Morgan fingerprint density at radius 1 is 0.967 bits per heavy atom. The average Bonchev–Trinajstić information content (AvgIpc) is 2.70. The zero-order valence-electron chi connectivity index (χ0n) is 16.1. The van der Waals surface area contributed by atoms with Crippen molar-refractivity contribution in [2.24, 2.45) is 0 Å². The Bertz CT molecular complexity index is 895. The number of carbonyl (C=O) groups excluding carboxylic acids is 2. The van der Waals surface area contributed by atoms with Crippen LogP contribution in [0.25, 0.3) is 0 Å². The molecule has 1 saturated heterocycles. The summed E-state index contributed by atoms with van der Waals surface area (Å²) in [6.45, 7) is 2.17. The number of nitrogens with zero attached hydrogens (tertiary/aromatic N) is 2. The van der Waals surface area contributed by atoms with Gasteiger partial charge in [0, 0.05) is 36.9 Å². The van der Waals surface area contributed by atoms with E-state index in [1.165, 1.54) is 12.1 Å². The summed E-state index contributed by atoms with van der Waals surface area (Å²) in [6.07, 6.45) is -4.18. The molecule has 2 amide bonds. The average molecular weight is 440 g/mol. The highest BCUT2D eigenvalue weighted by Gasteiger charge is 2.30. The molecule has 5 nitrogen and oxygen atoms in total. The Hall–Kier alpha value is -2.58. The smallest absolute Gasteiger partial charge is 0.340 e. The van der Waals surface area contributed by atoms with Gasteiger partial charge in [0.15, 0.2) is 0 Å². The third-order valence-corrected chi connectivity index (χ3v) is 5.26. The quantitative estimate of drug-likeness (QED) is 0.773. The van der Waals surface area contributed by atoms with E-state index in [1.807, 2.05) is 23.1 Å². The van der Waals surface area contributed by atoms with Crippen LogP contribution in [0.2, 0.25) is 5.02 Å². The maximum Gasteiger partial charge on any atom is 0.416 e. The van der Waals surface area contributed by atoms with Gasteiger partial charge in [0.25, 0.3) is 0 Å². The number of piperazine rings is 1. The first-order valence-electron chi connectivity index (χ1n) is 9.43. The van der Waals surface area contributed by atoms with Crippen LogP contribution in [0.15, 0.2) is 48.5 Å². The van der Waals surface area contributed by atoms with E-state index < -0.39 is 11.7 Å². The highest BCUT2D eigenvalue weighted by atomic mass is 35.5. The van der Waals surface area contributed by atoms with Crippen LogP contribution < -0.4 is 5.32 Å². The number of amides is 2. The second-order valence-electron chi connectivity index (χ2n) is 7.05. The summed E-state index contributed by atoms with van der Waals surface area (Å²) in [5.41, 5.74) is 0.321. The normalized spacial score (nSPS) is 15.1. The summed E-state index contributed by atoms with van der Waals surface area (Å²) in [6, 6.07) is 11.5. The number of nitrogens with one attached hydrogen (secondary N) is 1. The van der Waals surface area contributed by atoms with Crippen LogP contribution in [-0.2, 0) is 22.2 Å². The van der Waals surface area contributed by atoms with Crippen LogP contribution in [0.1, 0.15) is 11.1 Å². The molecule has 3 rings (SSSR count). The highest BCUT2D eigenvalue weighted by molar-refractivity contribution is 6.31. The molecule has 1 N–H and O–H groups in total. The van der Waals surface area contributed by atoms with Crippen LogP contribution in [0.4, 0.5) is 18.9 Å². The number of hydrogen-bond acceptors (Lipinski definition) is 3. The lowest BCUT2D eigenvalue weighted by Crippen LogP contribution is -2.50. The zero-order valence-corrected chi connectivity index (χ0v) is 16.8. The molecule has 9 heteroatoms. The molecule has 160 valence electrons. The van der Waals surface area contributed by atoms with Crippen LogP contribution in [0, 0.1) is 0 Å². The largest absolute Gasteiger partial charge is 0.416 e. The number of hydrogen-bond donors (Lipinski definition) is 1. The topological polar surface area (TPSA) is 52.7 Å². The number of carbonyl (C=O) groups is 2. The molecule has 0 unspecified atom stereocenters. The molecule has 2 aromatic rings. The Morgan fingerprint density at radius 3 is 2.20 bits per heavy atom.